The van der Waals surface area contributed by atoms with Gasteiger partial charge in [-0.25, -0.2) is 0 Å². The second kappa shape index (κ2) is 8.39. The molecule has 0 saturated carbocycles. The second-order valence-corrected chi connectivity index (χ2v) is 7.15. The first-order chi connectivity index (χ1) is 12.4. The number of benzene rings is 1. The number of alkyl halides is 3. The van der Waals surface area contributed by atoms with Gasteiger partial charge in [-0.2, -0.15) is 13.2 Å². The molecule has 2 saturated heterocycles. The maximum Gasteiger partial charge on any atom is 0.416 e. The van der Waals surface area contributed by atoms with E-state index in [4.69, 9.17) is 4.74 Å². The van der Waals surface area contributed by atoms with Crippen molar-refractivity contribution in [2.45, 2.75) is 50.4 Å². The van der Waals surface area contributed by atoms with E-state index in [-0.39, 0.29) is 18.4 Å². The van der Waals surface area contributed by atoms with Crippen LogP contribution >= 0.6 is 0 Å². The highest BCUT2D eigenvalue weighted by atomic mass is 19.4. The summed E-state index contributed by atoms with van der Waals surface area (Å²) in [5.41, 5.74) is -0.335. The first kappa shape index (κ1) is 19.2. The molecule has 1 atom stereocenters. The van der Waals surface area contributed by atoms with Crippen molar-refractivity contribution in [2.75, 3.05) is 26.2 Å². The monoisotopic (exact) mass is 370 g/mol. The molecule has 1 aromatic rings. The Morgan fingerprint density at radius 2 is 2.00 bits per heavy atom. The highest BCUT2D eigenvalue weighted by Gasteiger charge is 2.30. The fraction of sp³-hybridized carbons (Fsp3) is 0.632. The van der Waals surface area contributed by atoms with Gasteiger partial charge in [-0.1, -0.05) is 18.2 Å². The molecular formula is C19H25F3N2O2. The third-order valence-corrected chi connectivity index (χ3v) is 5.06. The molecule has 0 aromatic heterocycles. The van der Waals surface area contributed by atoms with Gasteiger partial charge in [0.15, 0.2) is 0 Å². The molecule has 3 rings (SSSR count). The van der Waals surface area contributed by atoms with Gasteiger partial charge in [0, 0.05) is 32.3 Å². The van der Waals surface area contributed by atoms with Crippen molar-refractivity contribution in [3.05, 3.63) is 35.4 Å². The van der Waals surface area contributed by atoms with Crippen LogP contribution in [0.25, 0.3) is 0 Å². The summed E-state index contributed by atoms with van der Waals surface area (Å²) < 4.78 is 43.9. The lowest BCUT2D eigenvalue weighted by molar-refractivity contribution is -0.137. The predicted molar refractivity (Wildman–Crippen MR) is 91.7 cm³/mol. The zero-order chi connectivity index (χ0) is 18.6. The van der Waals surface area contributed by atoms with E-state index in [1.54, 1.807) is 6.07 Å². The van der Waals surface area contributed by atoms with Crippen LogP contribution in [0.5, 0.6) is 0 Å². The Morgan fingerprint density at radius 3 is 2.65 bits per heavy atom. The number of nitrogens with one attached hydrogen (secondary N) is 1. The molecule has 2 fully saturated rings. The van der Waals surface area contributed by atoms with Crippen molar-refractivity contribution < 1.29 is 22.7 Å². The largest absolute Gasteiger partial charge is 0.416 e. The minimum Gasteiger partial charge on any atom is -0.377 e. The molecule has 0 spiro atoms. The van der Waals surface area contributed by atoms with Gasteiger partial charge in [-0.05, 0) is 37.3 Å². The molecule has 7 heteroatoms. The van der Waals surface area contributed by atoms with E-state index >= 15 is 0 Å². The van der Waals surface area contributed by atoms with Gasteiger partial charge in [0.25, 0.3) is 0 Å². The average Bonchev–Trinajstić information content (AvgIpc) is 3.09. The number of carbonyl (C=O) groups excluding carboxylic acids is 1. The summed E-state index contributed by atoms with van der Waals surface area (Å²) in [6.07, 6.45) is -0.104. The number of ether oxygens (including phenoxy) is 1. The summed E-state index contributed by atoms with van der Waals surface area (Å²) >= 11 is 0. The van der Waals surface area contributed by atoms with Crippen LogP contribution in [0.1, 0.15) is 36.8 Å². The van der Waals surface area contributed by atoms with Crippen LogP contribution < -0.4 is 5.32 Å². The van der Waals surface area contributed by atoms with Gasteiger partial charge in [0.2, 0.25) is 5.91 Å². The Balaban J connectivity index is 1.43. The summed E-state index contributed by atoms with van der Waals surface area (Å²) in [6.45, 7) is 3.63. The van der Waals surface area contributed by atoms with E-state index in [1.165, 1.54) is 6.07 Å². The Kier molecular flexibility index (Phi) is 6.19. The molecule has 1 aromatic carbocycles. The summed E-state index contributed by atoms with van der Waals surface area (Å²) in [5.74, 6) is -0.220. The molecule has 2 aliphatic heterocycles. The Hall–Kier alpha value is -1.60. The lowest BCUT2D eigenvalue weighted by Crippen LogP contribution is -2.46. The van der Waals surface area contributed by atoms with Crippen LogP contribution in [0.3, 0.4) is 0 Å². The topological polar surface area (TPSA) is 41.6 Å². The van der Waals surface area contributed by atoms with E-state index in [1.807, 2.05) is 0 Å². The maximum absolute atomic E-state index is 12.7. The number of rotatable bonds is 5. The average molecular weight is 370 g/mol. The number of halogens is 3. The van der Waals surface area contributed by atoms with Crippen LogP contribution in [0.2, 0.25) is 0 Å². The highest BCUT2D eigenvalue weighted by Crippen LogP contribution is 2.29. The van der Waals surface area contributed by atoms with E-state index < -0.39 is 11.7 Å². The van der Waals surface area contributed by atoms with Gasteiger partial charge in [-0.3, -0.25) is 4.79 Å². The van der Waals surface area contributed by atoms with E-state index in [0.29, 0.717) is 11.7 Å². The number of piperidine rings is 1. The normalized spacial score (nSPS) is 22.5. The molecule has 0 aliphatic carbocycles. The lowest BCUT2D eigenvalue weighted by Gasteiger charge is -2.33. The quantitative estimate of drug-likeness (QED) is 0.866. The molecule has 1 N–H and O–H groups in total. The van der Waals surface area contributed by atoms with Gasteiger partial charge in [-0.15, -0.1) is 0 Å². The molecule has 2 aliphatic rings. The predicted octanol–water partition coefficient (Wildman–Crippen LogP) is 3.01. The van der Waals surface area contributed by atoms with Gasteiger partial charge >= 0.3 is 6.18 Å². The summed E-state index contributed by atoms with van der Waals surface area (Å²) in [4.78, 5) is 14.5. The molecule has 26 heavy (non-hydrogen) atoms. The number of hydrogen-bond acceptors (Lipinski definition) is 3. The van der Waals surface area contributed by atoms with E-state index in [9.17, 15) is 18.0 Å². The van der Waals surface area contributed by atoms with Crippen LogP contribution in [0.15, 0.2) is 24.3 Å². The second-order valence-electron chi connectivity index (χ2n) is 7.15. The fourth-order valence-corrected chi connectivity index (χ4v) is 3.66. The van der Waals surface area contributed by atoms with Crippen molar-refractivity contribution >= 4 is 5.91 Å². The minimum atomic E-state index is -4.39. The van der Waals surface area contributed by atoms with Crippen molar-refractivity contribution in [3.63, 3.8) is 0 Å². The number of hydrogen-bond donors (Lipinski definition) is 1. The number of amides is 1. The van der Waals surface area contributed by atoms with Gasteiger partial charge in [0.1, 0.15) is 0 Å². The number of carbonyl (C=O) groups is 1. The molecule has 1 amide bonds. The third kappa shape index (κ3) is 5.45. The molecule has 144 valence electrons. The first-order valence-electron chi connectivity index (χ1n) is 9.19. The van der Waals surface area contributed by atoms with Crippen LogP contribution in [0, 0.1) is 0 Å². The van der Waals surface area contributed by atoms with Crippen molar-refractivity contribution in [3.8, 4) is 0 Å². The summed E-state index contributed by atoms with van der Waals surface area (Å²) in [7, 11) is 0. The summed E-state index contributed by atoms with van der Waals surface area (Å²) in [6, 6.07) is 5.05. The standard InChI is InChI=1S/C19H25F3N2O2/c20-19(21,22)15-4-1-3-14(11-15)12-18(25)23-16-6-8-24(9-7-16)13-17-5-2-10-26-17/h1,3-4,11,16-17H,2,5-10,12-13H2,(H,23,25)/t17-/m1/s1. The van der Waals surface area contributed by atoms with E-state index in [0.717, 1.165) is 64.1 Å². The minimum absolute atomic E-state index is 0.0277. The first-order valence-corrected chi connectivity index (χ1v) is 9.19. The zero-order valence-corrected chi connectivity index (χ0v) is 14.7. The Labute approximate surface area is 151 Å². The molecule has 0 radical (unpaired) electrons. The van der Waals surface area contributed by atoms with E-state index in [2.05, 4.69) is 10.2 Å². The van der Waals surface area contributed by atoms with Crippen LogP contribution in [-0.2, 0) is 22.1 Å². The maximum atomic E-state index is 12.7. The van der Waals surface area contributed by atoms with Crippen molar-refractivity contribution in [1.29, 1.82) is 0 Å². The number of nitrogens with zero attached hydrogens (tertiary/aromatic N) is 1. The SMILES string of the molecule is O=C(Cc1cccc(C(F)(F)F)c1)NC1CCN(C[C@H]2CCCO2)CC1. The zero-order valence-electron chi connectivity index (χ0n) is 14.7. The van der Waals surface area contributed by atoms with Gasteiger partial charge < -0.3 is 15.0 Å². The smallest absolute Gasteiger partial charge is 0.377 e. The van der Waals surface area contributed by atoms with Crippen LogP contribution in [0.4, 0.5) is 13.2 Å². The summed E-state index contributed by atoms with van der Waals surface area (Å²) in [5, 5.41) is 2.96. The van der Waals surface area contributed by atoms with Crippen LogP contribution in [-0.4, -0.2) is 49.2 Å². The highest BCUT2D eigenvalue weighted by molar-refractivity contribution is 5.78. The third-order valence-electron chi connectivity index (χ3n) is 5.06. The number of likely N-dealkylation sites (tertiary alicyclic amines) is 1. The Morgan fingerprint density at radius 1 is 1.23 bits per heavy atom. The van der Waals surface area contributed by atoms with Gasteiger partial charge in [0.05, 0.1) is 18.1 Å². The molecule has 0 unspecified atom stereocenters. The lowest BCUT2D eigenvalue weighted by atomic mass is 10.0. The Bertz CT molecular complexity index is 607. The van der Waals surface area contributed by atoms with Crippen molar-refractivity contribution in [2.24, 2.45) is 0 Å². The van der Waals surface area contributed by atoms with Crippen molar-refractivity contribution in [1.82, 2.24) is 10.2 Å². The molecule has 2 heterocycles. The molecule has 0 bridgehead atoms. The molecule has 4 nitrogen and oxygen atoms in total. The molecular weight excluding hydrogens is 345 g/mol. The fourth-order valence-electron chi connectivity index (χ4n) is 3.66.